The number of carboxylic acids is 1. The van der Waals surface area contributed by atoms with Crippen molar-refractivity contribution in [2.75, 3.05) is 18.1 Å². The number of carbonyl (C=O) groups excluding carboxylic acids is 3. The van der Waals surface area contributed by atoms with Crippen molar-refractivity contribution in [1.82, 2.24) is 0 Å². The van der Waals surface area contributed by atoms with Crippen LogP contribution >= 0.6 is 0 Å². The van der Waals surface area contributed by atoms with Gasteiger partial charge in [0.1, 0.15) is 6.61 Å². The van der Waals surface area contributed by atoms with Crippen LogP contribution in [-0.2, 0) is 46.4 Å². The monoisotopic (exact) mass is 441 g/mol. The SMILES string of the molecule is CC(=O)O[C@@H](C(=O)O)[C@H]1OCCN(c2cccc(CC(=O)OCc3ccccc3)c2)C1=O. The van der Waals surface area contributed by atoms with Crippen molar-refractivity contribution in [2.24, 2.45) is 0 Å². The maximum absolute atomic E-state index is 12.9. The third-order valence-electron chi connectivity index (χ3n) is 4.75. The lowest BCUT2D eigenvalue weighted by Gasteiger charge is -2.34. The topological polar surface area (TPSA) is 119 Å². The highest BCUT2D eigenvalue weighted by Crippen LogP contribution is 2.23. The van der Waals surface area contributed by atoms with E-state index in [2.05, 4.69) is 0 Å². The number of anilines is 1. The smallest absolute Gasteiger partial charge is 0.348 e. The predicted octanol–water partition coefficient (Wildman–Crippen LogP) is 1.72. The van der Waals surface area contributed by atoms with Gasteiger partial charge < -0.3 is 24.2 Å². The minimum absolute atomic E-state index is 0.00777. The molecule has 1 fully saturated rings. The maximum atomic E-state index is 12.9. The molecule has 2 atom stereocenters. The van der Waals surface area contributed by atoms with Crippen molar-refractivity contribution >= 4 is 29.5 Å². The van der Waals surface area contributed by atoms with Crippen molar-refractivity contribution < 1.29 is 38.5 Å². The van der Waals surface area contributed by atoms with Gasteiger partial charge in [0.15, 0.2) is 6.10 Å². The fourth-order valence-electron chi connectivity index (χ4n) is 3.29. The molecule has 1 N–H and O–H groups in total. The first-order chi connectivity index (χ1) is 15.3. The summed E-state index contributed by atoms with van der Waals surface area (Å²) in [5, 5.41) is 9.35. The number of carboxylic acid groups (broad SMARTS) is 1. The molecule has 3 rings (SSSR count). The first-order valence-corrected chi connectivity index (χ1v) is 9.96. The average molecular weight is 441 g/mol. The van der Waals surface area contributed by atoms with E-state index < -0.39 is 36.0 Å². The number of rotatable bonds is 8. The van der Waals surface area contributed by atoms with Crippen LogP contribution in [0.25, 0.3) is 0 Å². The molecule has 0 unspecified atom stereocenters. The molecule has 0 bridgehead atoms. The number of amides is 1. The van der Waals surface area contributed by atoms with E-state index in [1.165, 1.54) is 4.90 Å². The number of carbonyl (C=O) groups is 4. The van der Waals surface area contributed by atoms with Gasteiger partial charge in [-0.25, -0.2) is 4.79 Å². The highest BCUT2D eigenvalue weighted by molar-refractivity contribution is 6.00. The number of esters is 2. The summed E-state index contributed by atoms with van der Waals surface area (Å²) in [5.41, 5.74) is 1.98. The molecule has 0 aliphatic carbocycles. The normalized spacial score (nSPS) is 16.8. The molecule has 2 aromatic rings. The largest absolute Gasteiger partial charge is 0.478 e. The number of benzene rings is 2. The van der Waals surface area contributed by atoms with E-state index >= 15 is 0 Å². The predicted molar refractivity (Wildman–Crippen MR) is 112 cm³/mol. The Morgan fingerprint density at radius 2 is 1.84 bits per heavy atom. The third kappa shape index (κ3) is 5.92. The zero-order valence-corrected chi connectivity index (χ0v) is 17.4. The van der Waals surface area contributed by atoms with E-state index in [0.29, 0.717) is 11.3 Å². The molecule has 1 aliphatic rings. The summed E-state index contributed by atoms with van der Waals surface area (Å²) in [6.07, 6.45) is -3.21. The van der Waals surface area contributed by atoms with E-state index in [1.54, 1.807) is 24.3 Å². The molecular weight excluding hydrogens is 418 g/mol. The molecule has 9 heteroatoms. The van der Waals surface area contributed by atoms with Crippen LogP contribution < -0.4 is 4.90 Å². The van der Waals surface area contributed by atoms with Gasteiger partial charge in [0.05, 0.1) is 13.0 Å². The molecule has 1 aliphatic heterocycles. The highest BCUT2D eigenvalue weighted by Gasteiger charge is 2.42. The van der Waals surface area contributed by atoms with Crippen molar-refractivity contribution in [2.45, 2.75) is 32.2 Å². The second kappa shape index (κ2) is 10.5. The quantitative estimate of drug-likeness (QED) is 0.615. The zero-order chi connectivity index (χ0) is 23.1. The zero-order valence-electron chi connectivity index (χ0n) is 17.4. The summed E-state index contributed by atoms with van der Waals surface area (Å²) < 4.78 is 15.4. The molecular formula is C23H23NO8. The Kier molecular flexibility index (Phi) is 7.56. The van der Waals surface area contributed by atoms with Crippen molar-refractivity contribution in [3.8, 4) is 0 Å². The molecule has 1 heterocycles. The van der Waals surface area contributed by atoms with Crippen LogP contribution in [0.4, 0.5) is 5.69 Å². The van der Waals surface area contributed by atoms with Gasteiger partial charge in [-0.1, -0.05) is 42.5 Å². The summed E-state index contributed by atoms with van der Waals surface area (Å²) in [6.45, 7) is 1.46. The Morgan fingerprint density at radius 1 is 1.12 bits per heavy atom. The minimum atomic E-state index is -1.75. The van der Waals surface area contributed by atoms with Crippen LogP contribution in [0.1, 0.15) is 18.1 Å². The van der Waals surface area contributed by atoms with Crippen LogP contribution in [0, 0.1) is 0 Å². The molecule has 0 saturated carbocycles. The molecule has 0 aromatic heterocycles. The van der Waals surface area contributed by atoms with Gasteiger partial charge >= 0.3 is 17.9 Å². The van der Waals surface area contributed by atoms with Crippen LogP contribution in [0.2, 0.25) is 0 Å². The van der Waals surface area contributed by atoms with Crippen molar-refractivity contribution in [1.29, 1.82) is 0 Å². The van der Waals surface area contributed by atoms with Gasteiger partial charge in [-0.2, -0.15) is 0 Å². The Labute approximate surface area is 184 Å². The van der Waals surface area contributed by atoms with Crippen molar-refractivity contribution in [3.63, 3.8) is 0 Å². The fourth-order valence-corrected chi connectivity index (χ4v) is 3.29. The first kappa shape index (κ1) is 23.0. The number of nitrogens with zero attached hydrogens (tertiary/aromatic N) is 1. The molecule has 1 amide bonds. The van der Waals surface area contributed by atoms with E-state index in [-0.39, 0.29) is 26.2 Å². The molecule has 2 aromatic carbocycles. The second-order valence-electron chi connectivity index (χ2n) is 7.14. The average Bonchev–Trinajstić information content (AvgIpc) is 2.77. The molecule has 0 radical (unpaired) electrons. The summed E-state index contributed by atoms with van der Waals surface area (Å²) in [6, 6.07) is 16.0. The van der Waals surface area contributed by atoms with Gasteiger partial charge in [-0.05, 0) is 23.3 Å². The highest BCUT2D eigenvalue weighted by atomic mass is 16.6. The number of hydrogen-bond donors (Lipinski definition) is 1. The van der Waals surface area contributed by atoms with Crippen molar-refractivity contribution in [3.05, 3.63) is 65.7 Å². The number of hydrogen-bond acceptors (Lipinski definition) is 7. The molecule has 9 nitrogen and oxygen atoms in total. The van der Waals surface area contributed by atoms with Gasteiger partial charge in [0.25, 0.3) is 5.91 Å². The van der Waals surface area contributed by atoms with Gasteiger partial charge in [-0.3, -0.25) is 14.4 Å². The standard InChI is InChI=1S/C23H23NO8/c1-15(25)32-21(23(28)29)20-22(27)24(10-11-30-20)18-9-5-8-17(12-18)13-19(26)31-14-16-6-3-2-4-7-16/h2-9,12,20-21H,10-11,13-14H2,1H3,(H,28,29)/t20-,21-/m1/s1. The van der Waals surface area contributed by atoms with Crippen LogP contribution in [0.5, 0.6) is 0 Å². The van der Waals surface area contributed by atoms with E-state index in [4.69, 9.17) is 14.2 Å². The molecule has 0 spiro atoms. The van der Waals surface area contributed by atoms with Crippen LogP contribution in [0.15, 0.2) is 54.6 Å². The Morgan fingerprint density at radius 3 is 2.53 bits per heavy atom. The third-order valence-corrected chi connectivity index (χ3v) is 4.75. The lowest BCUT2D eigenvalue weighted by Crippen LogP contribution is -2.55. The summed E-state index contributed by atoms with van der Waals surface area (Å²) in [4.78, 5) is 49.2. The second-order valence-corrected chi connectivity index (χ2v) is 7.14. The number of morpholine rings is 1. The summed E-state index contributed by atoms with van der Waals surface area (Å²) >= 11 is 0. The lowest BCUT2D eigenvalue weighted by atomic mass is 10.1. The van der Waals surface area contributed by atoms with Gasteiger partial charge in [-0.15, -0.1) is 0 Å². The Balaban J connectivity index is 1.68. The van der Waals surface area contributed by atoms with E-state index in [1.807, 2.05) is 30.3 Å². The lowest BCUT2D eigenvalue weighted by molar-refractivity contribution is -0.177. The first-order valence-electron chi connectivity index (χ1n) is 9.96. The minimum Gasteiger partial charge on any atom is -0.478 e. The summed E-state index contributed by atoms with van der Waals surface area (Å²) in [5.74, 6) is -3.37. The van der Waals surface area contributed by atoms with Gasteiger partial charge in [0.2, 0.25) is 6.10 Å². The summed E-state index contributed by atoms with van der Waals surface area (Å²) in [7, 11) is 0. The molecule has 32 heavy (non-hydrogen) atoms. The molecule has 1 saturated heterocycles. The van der Waals surface area contributed by atoms with Gasteiger partial charge in [0, 0.05) is 19.2 Å². The van der Waals surface area contributed by atoms with Crippen LogP contribution in [-0.4, -0.2) is 54.3 Å². The Hall–Kier alpha value is -3.72. The van der Waals surface area contributed by atoms with E-state index in [0.717, 1.165) is 12.5 Å². The molecule has 168 valence electrons. The number of aliphatic carboxylic acids is 1. The Bertz CT molecular complexity index is 991. The maximum Gasteiger partial charge on any atom is 0.348 e. The van der Waals surface area contributed by atoms with Crippen LogP contribution in [0.3, 0.4) is 0 Å². The van der Waals surface area contributed by atoms with E-state index in [9.17, 15) is 24.3 Å². The number of ether oxygens (including phenoxy) is 3. The fraction of sp³-hybridized carbons (Fsp3) is 0.304.